The Balaban J connectivity index is 1.95. The van der Waals surface area contributed by atoms with E-state index in [-0.39, 0.29) is 6.10 Å². The fourth-order valence-electron chi connectivity index (χ4n) is 2.82. The molecule has 1 unspecified atom stereocenters. The SMILES string of the molecule is CCCCOCC(O)CNCC1CCC(CC)CC1. The molecule has 19 heavy (non-hydrogen) atoms. The molecule has 114 valence electrons. The third kappa shape index (κ3) is 7.91. The molecule has 0 aromatic carbocycles. The van der Waals surface area contributed by atoms with Crippen molar-refractivity contribution in [1.29, 1.82) is 0 Å². The van der Waals surface area contributed by atoms with E-state index in [4.69, 9.17) is 4.74 Å². The Kier molecular flexibility index (Phi) is 9.48. The molecule has 0 spiro atoms. The van der Waals surface area contributed by atoms with Crippen molar-refractivity contribution in [3.8, 4) is 0 Å². The summed E-state index contributed by atoms with van der Waals surface area (Å²) in [5.74, 6) is 1.78. The van der Waals surface area contributed by atoms with Crippen LogP contribution < -0.4 is 5.32 Å². The maximum Gasteiger partial charge on any atom is 0.0897 e. The molecular formula is C16H33NO2. The Labute approximate surface area is 119 Å². The van der Waals surface area contributed by atoms with E-state index in [0.717, 1.165) is 37.8 Å². The minimum atomic E-state index is -0.358. The van der Waals surface area contributed by atoms with Crippen molar-refractivity contribution < 1.29 is 9.84 Å². The highest BCUT2D eigenvalue weighted by Crippen LogP contribution is 2.29. The number of hydrogen-bond acceptors (Lipinski definition) is 3. The van der Waals surface area contributed by atoms with Gasteiger partial charge in [0.25, 0.3) is 0 Å². The summed E-state index contributed by atoms with van der Waals surface area (Å²) in [6.07, 6.45) is 8.72. The molecule has 3 heteroatoms. The molecule has 0 heterocycles. The van der Waals surface area contributed by atoms with Crippen molar-refractivity contribution >= 4 is 0 Å². The molecule has 0 aliphatic heterocycles. The van der Waals surface area contributed by atoms with Gasteiger partial charge in [0, 0.05) is 13.2 Å². The number of aliphatic hydroxyl groups is 1. The van der Waals surface area contributed by atoms with Crippen LogP contribution in [-0.2, 0) is 4.74 Å². The third-order valence-corrected chi connectivity index (χ3v) is 4.31. The maximum absolute atomic E-state index is 9.77. The number of unbranched alkanes of at least 4 members (excludes halogenated alkanes) is 1. The highest BCUT2D eigenvalue weighted by Gasteiger charge is 2.19. The second-order valence-corrected chi connectivity index (χ2v) is 6.04. The van der Waals surface area contributed by atoms with E-state index in [9.17, 15) is 5.11 Å². The molecule has 0 amide bonds. The fourth-order valence-corrected chi connectivity index (χ4v) is 2.82. The topological polar surface area (TPSA) is 41.5 Å². The van der Waals surface area contributed by atoms with Crippen LogP contribution in [0.5, 0.6) is 0 Å². The quantitative estimate of drug-likeness (QED) is 0.600. The molecule has 1 atom stereocenters. The zero-order valence-corrected chi connectivity index (χ0v) is 12.9. The summed E-state index contributed by atoms with van der Waals surface area (Å²) < 4.78 is 5.42. The van der Waals surface area contributed by atoms with Crippen LogP contribution in [0.2, 0.25) is 0 Å². The van der Waals surface area contributed by atoms with Gasteiger partial charge in [-0.25, -0.2) is 0 Å². The van der Waals surface area contributed by atoms with Crippen LogP contribution >= 0.6 is 0 Å². The molecular weight excluding hydrogens is 238 g/mol. The zero-order valence-electron chi connectivity index (χ0n) is 12.9. The molecule has 1 saturated carbocycles. The molecule has 1 aliphatic rings. The van der Waals surface area contributed by atoms with Gasteiger partial charge >= 0.3 is 0 Å². The summed E-state index contributed by atoms with van der Waals surface area (Å²) in [7, 11) is 0. The van der Waals surface area contributed by atoms with Gasteiger partial charge in [0.05, 0.1) is 12.7 Å². The van der Waals surface area contributed by atoms with Gasteiger partial charge in [-0.1, -0.05) is 39.5 Å². The summed E-state index contributed by atoms with van der Waals surface area (Å²) in [5, 5.41) is 13.2. The van der Waals surface area contributed by atoms with Gasteiger partial charge in [0.2, 0.25) is 0 Å². The van der Waals surface area contributed by atoms with E-state index >= 15 is 0 Å². The largest absolute Gasteiger partial charge is 0.389 e. The number of hydrogen-bond donors (Lipinski definition) is 2. The minimum absolute atomic E-state index is 0.358. The molecule has 0 radical (unpaired) electrons. The van der Waals surface area contributed by atoms with Gasteiger partial charge in [-0.05, 0) is 37.6 Å². The Morgan fingerprint density at radius 1 is 1.16 bits per heavy atom. The van der Waals surface area contributed by atoms with Gasteiger partial charge in [-0.2, -0.15) is 0 Å². The van der Waals surface area contributed by atoms with Crippen molar-refractivity contribution in [2.75, 3.05) is 26.3 Å². The zero-order chi connectivity index (χ0) is 13.9. The average molecular weight is 271 g/mol. The van der Waals surface area contributed by atoms with Crippen LogP contribution in [0.4, 0.5) is 0 Å². The lowest BCUT2D eigenvalue weighted by Gasteiger charge is -2.28. The van der Waals surface area contributed by atoms with E-state index in [1.807, 2.05) is 0 Å². The summed E-state index contributed by atoms with van der Waals surface area (Å²) >= 11 is 0. The van der Waals surface area contributed by atoms with Crippen molar-refractivity contribution in [3.63, 3.8) is 0 Å². The van der Waals surface area contributed by atoms with Crippen LogP contribution in [0, 0.1) is 11.8 Å². The predicted octanol–water partition coefficient (Wildman–Crippen LogP) is 2.97. The lowest BCUT2D eigenvalue weighted by molar-refractivity contribution is 0.0352. The van der Waals surface area contributed by atoms with Crippen molar-refractivity contribution in [3.05, 3.63) is 0 Å². The molecule has 2 N–H and O–H groups in total. The summed E-state index contributed by atoms with van der Waals surface area (Å²) in [6, 6.07) is 0. The monoisotopic (exact) mass is 271 g/mol. The van der Waals surface area contributed by atoms with Crippen molar-refractivity contribution in [2.24, 2.45) is 11.8 Å². The van der Waals surface area contributed by atoms with Crippen molar-refractivity contribution in [1.82, 2.24) is 5.32 Å². The van der Waals surface area contributed by atoms with E-state index in [2.05, 4.69) is 19.2 Å². The molecule has 0 aromatic heterocycles. The van der Waals surface area contributed by atoms with E-state index in [1.165, 1.54) is 32.1 Å². The first-order chi connectivity index (χ1) is 9.26. The van der Waals surface area contributed by atoms with E-state index < -0.39 is 0 Å². The van der Waals surface area contributed by atoms with Crippen LogP contribution in [0.25, 0.3) is 0 Å². The first-order valence-electron chi connectivity index (χ1n) is 8.22. The molecule has 0 aromatic rings. The number of nitrogens with one attached hydrogen (secondary N) is 1. The highest BCUT2D eigenvalue weighted by atomic mass is 16.5. The Morgan fingerprint density at radius 2 is 1.84 bits per heavy atom. The van der Waals surface area contributed by atoms with Gasteiger partial charge in [-0.3, -0.25) is 0 Å². The Hall–Kier alpha value is -0.120. The number of aliphatic hydroxyl groups excluding tert-OH is 1. The van der Waals surface area contributed by atoms with E-state index in [1.54, 1.807) is 0 Å². The number of rotatable bonds is 10. The first kappa shape index (κ1) is 16.9. The minimum Gasteiger partial charge on any atom is -0.389 e. The molecule has 3 nitrogen and oxygen atoms in total. The predicted molar refractivity (Wildman–Crippen MR) is 80.3 cm³/mol. The molecule has 1 fully saturated rings. The molecule has 1 aliphatic carbocycles. The van der Waals surface area contributed by atoms with Crippen LogP contribution in [-0.4, -0.2) is 37.5 Å². The van der Waals surface area contributed by atoms with Gasteiger partial charge in [0.15, 0.2) is 0 Å². The number of ether oxygens (including phenoxy) is 1. The molecule has 0 bridgehead atoms. The fraction of sp³-hybridized carbons (Fsp3) is 1.00. The Morgan fingerprint density at radius 3 is 2.47 bits per heavy atom. The summed E-state index contributed by atoms with van der Waals surface area (Å²) in [6.45, 7) is 7.42. The standard InChI is InChI=1S/C16H33NO2/c1-3-5-10-19-13-16(18)12-17-11-15-8-6-14(4-2)7-9-15/h14-18H,3-13H2,1-2H3. The summed E-state index contributed by atoms with van der Waals surface area (Å²) in [4.78, 5) is 0. The van der Waals surface area contributed by atoms with Gasteiger partial charge < -0.3 is 15.2 Å². The van der Waals surface area contributed by atoms with Crippen LogP contribution in [0.3, 0.4) is 0 Å². The van der Waals surface area contributed by atoms with Gasteiger partial charge in [0.1, 0.15) is 0 Å². The van der Waals surface area contributed by atoms with Crippen molar-refractivity contribution in [2.45, 2.75) is 64.9 Å². The van der Waals surface area contributed by atoms with E-state index in [0.29, 0.717) is 13.2 Å². The molecule has 0 saturated heterocycles. The lowest BCUT2D eigenvalue weighted by atomic mass is 9.81. The highest BCUT2D eigenvalue weighted by molar-refractivity contribution is 4.73. The summed E-state index contributed by atoms with van der Waals surface area (Å²) in [5.41, 5.74) is 0. The normalized spacial score (nSPS) is 25.4. The third-order valence-electron chi connectivity index (χ3n) is 4.31. The maximum atomic E-state index is 9.77. The van der Waals surface area contributed by atoms with Gasteiger partial charge in [-0.15, -0.1) is 0 Å². The smallest absolute Gasteiger partial charge is 0.0897 e. The average Bonchev–Trinajstić information content (AvgIpc) is 2.44. The van der Waals surface area contributed by atoms with Crippen LogP contribution in [0.1, 0.15) is 58.8 Å². The molecule has 1 rings (SSSR count). The van der Waals surface area contributed by atoms with Crippen LogP contribution in [0.15, 0.2) is 0 Å². The lowest BCUT2D eigenvalue weighted by Crippen LogP contribution is -2.34. The second-order valence-electron chi connectivity index (χ2n) is 6.04. The first-order valence-corrected chi connectivity index (χ1v) is 8.22. The second kappa shape index (κ2) is 10.6. The Bertz CT molecular complexity index is 203.